The predicted molar refractivity (Wildman–Crippen MR) is 75.8 cm³/mol. The molecule has 0 unspecified atom stereocenters. The van der Waals surface area contributed by atoms with Crippen molar-refractivity contribution in [3.63, 3.8) is 0 Å². The first-order valence-corrected chi connectivity index (χ1v) is 6.28. The Balaban J connectivity index is 0.00000162. The molecule has 1 aliphatic heterocycles. The Morgan fingerprint density at radius 3 is 2.61 bits per heavy atom. The van der Waals surface area contributed by atoms with E-state index in [0.717, 1.165) is 31.5 Å². The number of likely N-dealkylation sites (tertiary alicyclic amines) is 1. The summed E-state index contributed by atoms with van der Waals surface area (Å²) in [6, 6.07) is 10.0. The van der Waals surface area contributed by atoms with E-state index in [1.54, 1.807) is 0 Å². The summed E-state index contributed by atoms with van der Waals surface area (Å²) < 4.78 is 0. The van der Waals surface area contributed by atoms with E-state index in [2.05, 4.69) is 0 Å². The highest BCUT2D eigenvalue weighted by molar-refractivity contribution is 5.87. The molecule has 18 heavy (non-hydrogen) atoms. The number of rotatable bonds is 3. The van der Waals surface area contributed by atoms with Crippen LogP contribution in [0.1, 0.15) is 25.3 Å². The second kappa shape index (κ2) is 6.21. The molecule has 0 saturated carbocycles. The van der Waals surface area contributed by atoms with E-state index in [1.165, 1.54) is 0 Å². The van der Waals surface area contributed by atoms with Crippen molar-refractivity contribution in [2.45, 2.75) is 31.7 Å². The number of nitrogens with zero attached hydrogens (tertiary/aromatic N) is 1. The van der Waals surface area contributed by atoms with E-state index >= 15 is 0 Å². The van der Waals surface area contributed by atoms with Crippen LogP contribution in [-0.2, 0) is 11.2 Å². The summed E-state index contributed by atoms with van der Waals surface area (Å²) in [6.07, 6.45) is 2.43. The minimum atomic E-state index is -0.699. The number of amides is 1. The number of nitrogens with two attached hydrogens (primary N) is 1. The third kappa shape index (κ3) is 3.03. The van der Waals surface area contributed by atoms with Crippen LogP contribution < -0.4 is 5.73 Å². The van der Waals surface area contributed by atoms with Crippen molar-refractivity contribution in [2.24, 2.45) is 5.73 Å². The van der Waals surface area contributed by atoms with Gasteiger partial charge < -0.3 is 10.6 Å². The van der Waals surface area contributed by atoms with Gasteiger partial charge >= 0.3 is 0 Å². The van der Waals surface area contributed by atoms with Crippen LogP contribution in [0.4, 0.5) is 0 Å². The van der Waals surface area contributed by atoms with Crippen molar-refractivity contribution < 1.29 is 4.79 Å². The van der Waals surface area contributed by atoms with Crippen molar-refractivity contribution in [1.82, 2.24) is 4.90 Å². The second-order valence-electron chi connectivity index (χ2n) is 4.81. The minimum absolute atomic E-state index is 0. The van der Waals surface area contributed by atoms with Crippen LogP contribution in [0, 0.1) is 0 Å². The Labute approximate surface area is 115 Å². The summed E-state index contributed by atoms with van der Waals surface area (Å²) in [5.41, 5.74) is 6.75. The number of hydrogen-bond acceptors (Lipinski definition) is 2. The first-order valence-electron chi connectivity index (χ1n) is 6.28. The normalized spacial score (nSPS) is 23.7. The maximum atomic E-state index is 12.3. The van der Waals surface area contributed by atoms with Gasteiger partial charge in [0, 0.05) is 13.1 Å². The maximum Gasteiger partial charge on any atom is 0.242 e. The van der Waals surface area contributed by atoms with E-state index < -0.39 is 5.54 Å². The lowest BCUT2D eigenvalue weighted by Crippen LogP contribution is -2.60. The smallest absolute Gasteiger partial charge is 0.242 e. The summed E-state index contributed by atoms with van der Waals surface area (Å²) >= 11 is 0. The topological polar surface area (TPSA) is 46.3 Å². The third-order valence-electron chi connectivity index (χ3n) is 3.51. The molecule has 1 saturated heterocycles. The molecular formula is C14H21ClN2O. The molecule has 1 atom stereocenters. The van der Waals surface area contributed by atoms with E-state index in [4.69, 9.17) is 5.73 Å². The molecule has 1 aromatic rings. The molecule has 1 aromatic carbocycles. The highest BCUT2D eigenvalue weighted by Crippen LogP contribution is 2.24. The first kappa shape index (κ1) is 15.0. The molecule has 0 aliphatic carbocycles. The van der Waals surface area contributed by atoms with E-state index in [1.807, 2.05) is 42.2 Å². The molecule has 0 spiro atoms. The monoisotopic (exact) mass is 268 g/mol. The number of halogens is 1. The van der Waals surface area contributed by atoms with Gasteiger partial charge in [0.1, 0.15) is 0 Å². The molecule has 1 amide bonds. The van der Waals surface area contributed by atoms with Crippen LogP contribution in [0.3, 0.4) is 0 Å². The van der Waals surface area contributed by atoms with Crippen LogP contribution in [0.25, 0.3) is 0 Å². The number of likely N-dealkylation sites (N-methyl/N-ethyl adjacent to an activating group) is 1. The Morgan fingerprint density at radius 2 is 2.00 bits per heavy atom. The van der Waals surface area contributed by atoms with Crippen molar-refractivity contribution in [3.05, 3.63) is 35.9 Å². The lowest BCUT2D eigenvalue weighted by Gasteiger charge is -2.38. The average Bonchev–Trinajstić information content (AvgIpc) is 2.34. The fraction of sp³-hybridized carbons (Fsp3) is 0.500. The fourth-order valence-electron chi connectivity index (χ4n) is 2.53. The van der Waals surface area contributed by atoms with Gasteiger partial charge in [0.15, 0.2) is 0 Å². The second-order valence-corrected chi connectivity index (χ2v) is 4.81. The standard InChI is InChI=1S/C14H20N2O.ClH/c1-2-16-10-6-9-14(15,13(16)17)11-12-7-4-3-5-8-12;/h3-5,7-8H,2,6,9-11,15H2,1H3;1H/t14-;/m0./s1. The molecule has 0 aromatic heterocycles. The molecular weight excluding hydrogens is 248 g/mol. The predicted octanol–water partition coefficient (Wildman–Crippen LogP) is 1.99. The van der Waals surface area contributed by atoms with Crippen LogP contribution in [0.15, 0.2) is 30.3 Å². The van der Waals surface area contributed by atoms with Gasteiger partial charge in [0.2, 0.25) is 5.91 Å². The summed E-state index contributed by atoms with van der Waals surface area (Å²) in [7, 11) is 0. The average molecular weight is 269 g/mol. The number of carbonyl (C=O) groups is 1. The maximum absolute atomic E-state index is 12.3. The molecule has 100 valence electrons. The van der Waals surface area contributed by atoms with Gasteiger partial charge in [0.05, 0.1) is 5.54 Å². The van der Waals surface area contributed by atoms with Crippen molar-refractivity contribution in [2.75, 3.05) is 13.1 Å². The summed E-state index contributed by atoms with van der Waals surface area (Å²) in [5, 5.41) is 0. The van der Waals surface area contributed by atoms with Crippen LogP contribution in [0.5, 0.6) is 0 Å². The summed E-state index contributed by atoms with van der Waals surface area (Å²) in [4.78, 5) is 14.2. The number of hydrogen-bond donors (Lipinski definition) is 1. The number of piperidine rings is 1. The molecule has 0 radical (unpaired) electrons. The SMILES string of the molecule is CCN1CCC[C@](N)(Cc2ccccc2)C1=O.Cl. The van der Waals surface area contributed by atoms with Crippen LogP contribution >= 0.6 is 12.4 Å². The van der Waals surface area contributed by atoms with Crippen molar-refractivity contribution in [3.8, 4) is 0 Å². The molecule has 1 fully saturated rings. The molecule has 2 rings (SSSR count). The van der Waals surface area contributed by atoms with Crippen LogP contribution in [-0.4, -0.2) is 29.4 Å². The molecule has 1 heterocycles. The van der Waals surface area contributed by atoms with Gasteiger partial charge in [-0.05, 0) is 31.7 Å². The Morgan fingerprint density at radius 1 is 1.33 bits per heavy atom. The highest BCUT2D eigenvalue weighted by Gasteiger charge is 2.39. The number of benzene rings is 1. The zero-order valence-corrected chi connectivity index (χ0v) is 11.6. The lowest BCUT2D eigenvalue weighted by molar-refractivity contribution is -0.139. The van der Waals surface area contributed by atoms with E-state index in [0.29, 0.717) is 6.42 Å². The molecule has 3 nitrogen and oxygen atoms in total. The molecule has 4 heteroatoms. The third-order valence-corrected chi connectivity index (χ3v) is 3.51. The minimum Gasteiger partial charge on any atom is -0.341 e. The van der Waals surface area contributed by atoms with Gasteiger partial charge in [0.25, 0.3) is 0 Å². The Hall–Kier alpha value is -1.06. The van der Waals surface area contributed by atoms with Crippen LogP contribution in [0.2, 0.25) is 0 Å². The van der Waals surface area contributed by atoms with Gasteiger partial charge in [-0.15, -0.1) is 12.4 Å². The van der Waals surface area contributed by atoms with Gasteiger partial charge in [-0.3, -0.25) is 4.79 Å². The summed E-state index contributed by atoms with van der Waals surface area (Å²) in [6.45, 7) is 3.61. The molecule has 0 bridgehead atoms. The molecule has 2 N–H and O–H groups in total. The van der Waals surface area contributed by atoms with Gasteiger partial charge in [-0.25, -0.2) is 0 Å². The lowest BCUT2D eigenvalue weighted by atomic mass is 9.83. The first-order chi connectivity index (χ1) is 8.15. The number of carbonyl (C=O) groups excluding carboxylic acids is 1. The van der Waals surface area contributed by atoms with E-state index in [-0.39, 0.29) is 18.3 Å². The quantitative estimate of drug-likeness (QED) is 0.911. The fourth-order valence-corrected chi connectivity index (χ4v) is 2.53. The van der Waals surface area contributed by atoms with Crippen molar-refractivity contribution >= 4 is 18.3 Å². The van der Waals surface area contributed by atoms with Gasteiger partial charge in [-0.2, -0.15) is 0 Å². The highest BCUT2D eigenvalue weighted by atomic mass is 35.5. The van der Waals surface area contributed by atoms with E-state index in [9.17, 15) is 4.79 Å². The van der Waals surface area contributed by atoms with Crippen molar-refractivity contribution in [1.29, 1.82) is 0 Å². The summed E-state index contributed by atoms with van der Waals surface area (Å²) in [5.74, 6) is 0.107. The largest absolute Gasteiger partial charge is 0.341 e. The zero-order chi connectivity index (χ0) is 12.3. The van der Waals surface area contributed by atoms with Gasteiger partial charge in [-0.1, -0.05) is 30.3 Å². The Bertz CT molecular complexity index is 396. The molecule has 1 aliphatic rings. The zero-order valence-electron chi connectivity index (χ0n) is 10.8. The Kier molecular flexibility index (Phi) is 5.17.